The van der Waals surface area contributed by atoms with Crippen LogP contribution in [0.4, 0.5) is 0 Å². The van der Waals surface area contributed by atoms with Crippen molar-refractivity contribution in [2.45, 2.75) is 6.10 Å². The number of ketones is 1. The van der Waals surface area contributed by atoms with Crippen LogP contribution in [0, 0.1) is 5.41 Å². The third-order valence-electron chi connectivity index (χ3n) is 2.62. The molecule has 17 heavy (non-hydrogen) atoms. The van der Waals surface area contributed by atoms with Gasteiger partial charge in [0.05, 0.1) is 23.0 Å². The Morgan fingerprint density at radius 3 is 2.82 bits per heavy atom. The van der Waals surface area contributed by atoms with Gasteiger partial charge < -0.3 is 20.9 Å². The van der Waals surface area contributed by atoms with E-state index in [9.17, 15) is 9.90 Å². The molecule has 0 aliphatic heterocycles. The molecule has 6 N–H and O–H groups in total. The van der Waals surface area contributed by atoms with E-state index in [1.807, 2.05) is 0 Å². The van der Waals surface area contributed by atoms with Gasteiger partial charge in [-0.25, -0.2) is 0 Å². The van der Waals surface area contributed by atoms with Gasteiger partial charge in [-0.2, -0.15) is 0 Å². The van der Waals surface area contributed by atoms with Crippen molar-refractivity contribution in [3.63, 3.8) is 0 Å². The highest BCUT2D eigenvalue weighted by atomic mass is 35.5. The minimum atomic E-state index is -1.15. The lowest BCUT2D eigenvalue weighted by atomic mass is 9.94. The number of halogens is 1. The van der Waals surface area contributed by atoms with Crippen molar-refractivity contribution < 1.29 is 15.0 Å². The molecule has 7 heteroatoms. The zero-order chi connectivity index (χ0) is 12.7. The fraction of sp³-hybridized carbons (Fsp3) is 0.200. The van der Waals surface area contributed by atoms with Crippen LogP contribution in [0.25, 0.3) is 5.70 Å². The van der Waals surface area contributed by atoms with E-state index in [1.165, 1.54) is 6.20 Å². The largest absolute Gasteiger partial charge is 0.397 e. The van der Waals surface area contributed by atoms with Gasteiger partial charge in [-0.15, -0.1) is 0 Å². The first-order valence-electron chi connectivity index (χ1n) is 4.78. The summed E-state index contributed by atoms with van der Waals surface area (Å²) in [5.41, 5.74) is 6.05. The number of aliphatic hydroxyl groups excluding tert-OH is 2. The number of Topliss-reactive ketones (excluding diaryl/α,β-unsaturated/α-hetero) is 1. The summed E-state index contributed by atoms with van der Waals surface area (Å²) in [6.45, 7) is -0.499. The SMILES string of the molecule is N=C1C(=O)c2[nH]cc(C(O)CO)c2C(N)=C1Cl. The molecule has 0 amide bonds. The van der Waals surface area contributed by atoms with Gasteiger partial charge in [0.1, 0.15) is 11.8 Å². The molecule has 0 spiro atoms. The van der Waals surface area contributed by atoms with Crippen molar-refractivity contribution >= 4 is 28.8 Å². The Morgan fingerprint density at radius 1 is 1.59 bits per heavy atom. The van der Waals surface area contributed by atoms with E-state index < -0.39 is 18.5 Å². The van der Waals surface area contributed by atoms with Crippen LogP contribution in [0.1, 0.15) is 27.7 Å². The van der Waals surface area contributed by atoms with Crippen LogP contribution in [0.2, 0.25) is 0 Å². The Bertz CT molecular complexity index is 547. The standard InChI is InChI=1S/C10H10ClN3O3/c11-6-7(12)5-3(4(16)2-15)1-14-9(5)10(17)8(6)13/h1,4,13-16H,2,12H2. The molecule has 1 aliphatic carbocycles. The predicted octanol–water partition coefficient (Wildman–Crippen LogP) is 0.123. The van der Waals surface area contributed by atoms with Crippen LogP contribution in [-0.2, 0) is 0 Å². The monoisotopic (exact) mass is 255 g/mol. The highest BCUT2D eigenvalue weighted by Gasteiger charge is 2.32. The molecular formula is C10H10ClN3O3. The Morgan fingerprint density at radius 2 is 2.24 bits per heavy atom. The summed E-state index contributed by atoms with van der Waals surface area (Å²) in [5.74, 6) is -0.587. The molecule has 0 bridgehead atoms. The van der Waals surface area contributed by atoms with Crippen molar-refractivity contribution in [1.82, 2.24) is 4.98 Å². The van der Waals surface area contributed by atoms with E-state index in [2.05, 4.69) is 4.98 Å². The lowest BCUT2D eigenvalue weighted by Gasteiger charge is -2.16. The van der Waals surface area contributed by atoms with E-state index in [0.29, 0.717) is 5.56 Å². The fourth-order valence-corrected chi connectivity index (χ4v) is 1.92. The molecule has 1 aliphatic rings. The Labute approximate surface area is 101 Å². The smallest absolute Gasteiger partial charge is 0.229 e. The summed E-state index contributed by atoms with van der Waals surface area (Å²) in [4.78, 5) is 14.4. The lowest BCUT2D eigenvalue weighted by molar-refractivity contribution is 0.0954. The van der Waals surface area contributed by atoms with Gasteiger partial charge in [-0.1, -0.05) is 11.6 Å². The topological polar surface area (TPSA) is 123 Å². The zero-order valence-corrected chi connectivity index (χ0v) is 9.38. The number of nitrogens with two attached hydrogens (primary N) is 1. The van der Waals surface area contributed by atoms with Crippen molar-refractivity contribution in [3.05, 3.63) is 28.0 Å². The van der Waals surface area contributed by atoms with E-state index in [4.69, 9.17) is 27.9 Å². The molecule has 1 aromatic heterocycles. The average Bonchev–Trinajstić information content (AvgIpc) is 2.77. The Hall–Kier alpha value is -1.63. The third-order valence-corrected chi connectivity index (χ3v) is 3.01. The van der Waals surface area contributed by atoms with Crippen molar-refractivity contribution in [3.8, 4) is 0 Å². The number of allylic oxidation sites excluding steroid dienone is 1. The van der Waals surface area contributed by atoms with Crippen molar-refractivity contribution in [2.75, 3.05) is 6.61 Å². The molecular weight excluding hydrogens is 246 g/mol. The summed E-state index contributed by atoms with van der Waals surface area (Å²) >= 11 is 5.77. The van der Waals surface area contributed by atoms with Crippen LogP contribution in [0.15, 0.2) is 11.2 Å². The summed E-state index contributed by atoms with van der Waals surface area (Å²) in [5, 5.41) is 25.8. The van der Waals surface area contributed by atoms with Gasteiger partial charge in [0.25, 0.3) is 0 Å². The Kier molecular flexibility index (Phi) is 2.78. The van der Waals surface area contributed by atoms with Gasteiger partial charge in [-0.3, -0.25) is 10.2 Å². The van der Waals surface area contributed by atoms with Crippen LogP contribution < -0.4 is 5.73 Å². The maximum Gasteiger partial charge on any atom is 0.229 e. The molecule has 1 atom stereocenters. The summed E-state index contributed by atoms with van der Waals surface area (Å²) < 4.78 is 0. The number of carbonyl (C=O) groups is 1. The van der Waals surface area contributed by atoms with Crippen LogP contribution in [-0.4, -0.2) is 33.3 Å². The molecule has 90 valence electrons. The number of H-pyrrole nitrogens is 1. The summed E-state index contributed by atoms with van der Waals surface area (Å²) in [6, 6.07) is 0. The van der Waals surface area contributed by atoms with E-state index in [1.54, 1.807) is 0 Å². The zero-order valence-electron chi connectivity index (χ0n) is 8.62. The molecule has 0 fully saturated rings. The number of carbonyl (C=O) groups excluding carboxylic acids is 1. The molecule has 1 heterocycles. The number of fused-ring (bicyclic) bond motifs is 1. The second kappa shape index (κ2) is 3.99. The van der Waals surface area contributed by atoms with Gasteiger partial charge >= 0.3 is 0 Å². The van der Waals surface area contributed by atoms with Crippen molar-refractivity contribution in [2.24, 2.45) is 5.73 Å². The quantitative estimate of drug-likeness (QED) is 0.515. The van der Waals surface area contributed by atoms with E-state index in [0.717, 1.165) is 0 Å². The summed E-state index contributed by atoms with van der Waals surface area (Å²) in [6.07, 6.45) is 0.220. The first kappa shape index (κ1) is 11.8. The summed E-state index contributed by atoms with van der Waals surface area (Å²) in [7, 11) is 0. The molecule has 0 saturated heterocycles. The number of aromatic amines is 1. The first-order chi connectivity index (χ1) is 7.99. The second-order valence-corrected chi connectivity index (χ2v) is 4.00. The second-order valence-electron chi connectivity index (χ2n) is 3.62. The number of hydrogen-bond acceptors (Lipinski definition) is 5. The number of hydrogen-bond donors (Lipinski definition) is 5. The highest BCUT2D eigenvalue weighted by molar-refractivity contribution is 6.64. The van der Waals surface area contributed by atoms with Gasteiger partial charge in [0, 0.05) is 17.3 Å². The predicted molar refractivity (Wildman–Crippen MR) is 61.9 cm³/mol. The molecule has 2 rings (SSSR count). The Balaban J connectivity index is 2.68. The molecule has 0 aromatic carbocycles. The van der Waals surface area contributed by atoms with Crippen molar-refractivity contribution in [1.29, 1.82) is 5.41 Å². The third kappa shape index (κ3) is 1.57. The van der Waals surface area contributed by atoms with Crippen LogP contribution in [0.5, 0.6) is 0 Å². The minimum absolute atomic E-state index is 0.0509. The van der Waals surface area contributed by atoms with E-state index >= 15 is 0 Å². The maximum absolute atomic E-state index is 11.7. The van der Waals surface area contributed by atoms with Gasteiger partial charge in [0.2, 0.25) is 5.78 Å². The molecule has 0 saturated carbocycles. The average molecular weight is 256 g/mol. The first-order valence-corrected chi connectivity index (χ1v) is 5.16. The molecule has 0 radical (unpaired) electrons. The number of aliphatic hydroxyl groups is 2. The lowest BCUT2D eigenvalue weighted by Crippen LogP contribution is -2.24. The van der Waals surface area contributed by atoms with E-state index in [-0.39, 0.29) is 27.7 Å². The molecule has 1 unspecified atom stereocenters. The highest BCUT2D eigenvalue weighted by Crippen LogP contribution is 2.33. The van der Waals surface area contributed by atoms with Gasteiger partial charge in [-0.05, 0) is 0 Å². The normalized spacial score (nSPS) is 17.4. The number of nitrogens with one attached hydrogen (secondary N) is 2. The van der Waals surface area contributed by atoms with Gasteiger partial charge in [0.15, 0.2) is 0 Å². The molecule has 6 nitrogen and oxygen atoms in total. The number of rotatable bonds is 2. The van der Waals surface area contributed by atoms with Crippen LogP contribution >= 0.6 is 11.6 Å². The minimum Gasteiger partial charge on any atom is -0.397 e. The van der Waals surface area contributed by atoms with Crippen LogP contribution in [0.3, 0.4) is 0 Å². The molecule has 1 aromatic rings. The number of aromatic nitrogens is 1. The fourth-order valence-electron chi connectivity index (χ4n) is 1.74. The maximum atomic E-state index is 11.7.